The Morgan fingerprint density at radius 3 is 2.53 bits per heavy atom. The standard InChI is InChI=1S/C14H20N2O3/c1-10-6-11(2)8-16(7-10)14(19)12-4-3-5-15(12)9-13(17)18/h3-5,10-11H,6-9H2,1-2H3,(H,17,18). The van der Waals surface area contributed by atoms with Gasteiger partial charge in [0, 0.05) is 19.3 Å². The summed E-state index contributed by atoms with van der Waals surface area (Å²) in [7, 11) is 0. The fourth-order valence-corrected chi connectivity index (χ4v) is 2.88. The van der Waals surface area contributed by atoms with Gasteiger partial charge in [-0.15, -0.1) is 0 Å². The van der Waals surface area contributed by atoms with Gasteiger partial charge < -0.3 is 14.6 Å². The quantitative estimate of drug-likeness (QED) is 0.903. The van der Waals surface area contributed by atoms with Crippen molar-refractivity contribution in [3.05, 3.63) is 24.0 Å². The fraction of sp³-hybridized carbons (Fsp3) is 0.571. The molecule has 0 saturated carbocycles. The maximum Gasteiger partial charge on any atom is 0.323 e. The molecule has 5 nitrogen and oxygen atoms in total. The Balaban J connectivity index is 2.15. The highest BCUT2D eigenvalue weighted by Gasteiger charge is 2.27. The molecule has 1 aliphatic heterocycles. The molecule has 1 aliphatic rings. The van der Waals surface area contributed by atoms with E-state index >= 15 is 0 Å². The summed E-state index contributed by atoms with van der Waals surface area (Å²) in [4.78, 5) is 25.1. The van der Waals surface area contributed by atoms with Crippen molar-refractivity contribution in [3.63, 3.8) is 0 Å². The number of nitrogens with zero attached hydrogens (tertiary/aromatic N) is 2. The van der Waals surface area contributed by atoms with E-state index in [4.69, 9.17) is 5.11 Å². The zero-order chi connectivity index (χ0) is 14.0. The second kappa shape index (κ2) is 5.47. The van der Waals surface area contributed by atoms with E-state index in [1.165, 1.54) is 4.57 Å². The van der Waals surface area contributed by atoms with E-state index in [1.54, 1.807) is 18.3 Å². The normalized spacial score (nSPS) is 23.4. The lowest BCUT2D eigenvalue weighted by atomic mass is 9.92. The molecule has 0 aromatic carbocycles. The Morgan fingerprint density at radius 1 is 1.32 bits per heavy atom. The zero-order valence-electron chi connectivity index (χ0n) is 11.4. The van der Waals surface area contributed by atoms with E-state index in [0.29, 0.717) is 17.5 Å². The zero-order valence-corrected chi connectivity index (χ0v) is 11.4. The number of likely N-dealkylation sites (tertiary alicyclic amines) is 1. The van der Waals surface area contributed by atoms with Gasteiger partial charge in [-0.05, 0) is 30.4 Å². The Labute approximate surface area is 112 Å². The van der Waals surface area contributed by atoms with E-state index in [-0.39, 0.29) is 12.5 Å². The number of aromatic nitrogens is 1. The molecular formula is C14H20N2O3. The highest BCUT2D eigenvalue weighted by atomic mass is 16.4. The number of carbonyl (C=O) groups is 2. The minimum Gasteiger partial charge on any atom is -0.480 e. The first-order valence-corrected chi connectivity index (χ1v) is 6.63. The maximum atomic E-state index is 12.5. The number of amides is 1. The molecule has 1 amide bonds. The maximum absolute atomic E-state index is 12.5. The Hall–Kier alpha value is -1.78. The van der Waals surface area contributed by atoms with E-state index in [2.05, 4.69) is 13.8 Å². The van der Waals surface area contributed by atoms with Crippen LogP contribution in [0.4, 0.5) is 0 Å². The average Bonchev–Trinajstić information content (AvgIpc) is 2.73. The van der Waals surface area contributed by atoms with Crippen LogP contribution in [0.2, 0.25) is 0 Å². The number of carbonyl (C=O) groups excluding carboxylic acids is 1. The minimum absolute atomic E-state index is 0.0651. The molecule has 1 aromatic rings. The van der Waals surface area contributed by atoms with Crippen LogP contribution in [0.3, 0.4) is 0 Å². The monoisotopic (exact) mass is 264 g/mol. The van der Waals surface area contributed by atoms with Crippen molar-refractivity contribution in [2.24, 2.45) is 11.8 Å². The van der Waals surface area contributed by atoms with Crippen molar-refractivity contribution in [1.29, 1.82) is 0 Å². The number of piperidine rings is 1. The summed E-state index contributed by atoms with van der Waals surface area (Å²) >= 11 is 0. The Bertz CT molecular complexity index is 471. The van der Waals surface area contributed by atoms with Gasteiger partial charge in [-0.25, -0.2) is 0 Å². The highest BCUT2D eigenvalue weighted by molar-refractivity contribution is 5.93. The summed E-state index contributed by atoms with van der Waals surface area (Å²) in [5, 5.41) is 8.84. The summed E-state index contributed by atoms with van der Waals surface area (Å²) in [6, 6.07) is 3.40. The van der Waals surface area contributed by atoms with Crippen LogP contribution in [-0.4, -0.2) is 39.5 Å². The van der Waals surface area contributed by atoms with Crippen molar-refractivity contribution in [1.82, 2.24) is 9.47 Å². The smallest absolute Gasteiger partial charge is 0.323 e. The SMILES string of the molecule is CC1CC(C)CN(C(=O)c2cccn2CC(=O)O)C1. The van der Waals surface area contributed by atoms with Crippen LogP contribution in [0.1, 0.15) is 30.8 Å². The summed E-state index contributed by atoms with van der Waals surface area (Å²) in [5.74, 6) is -0.0125. The molecule has 0 radical (unpaired) electrons. The molecule has 1 fully saturated rings. The molecule has 1 N–H and O–H groups in total. The van der Waals surface area contributed by atoms with Crippen LogP contribution in [-0.2, 0) is 11.3 Å². The van der Waals surface area contributed by atoms with Gasteiger partial charge in [0.25, 0.3) is 5.91 Å². The van der Waals surface area contributed by atoms with Gasteiger partial charge in [0.05, 0.1) is 0 Å². The van der Waals surface area contributed by atoms with Crippen molar-refractivity contribution in [2.75, 3.05) is 13.1 Å². The number of carboxylic acid groups (broad SMARTS) is 1. The molecule has 0 bridgehead atoms. The Kier molecular flexibility index (Phi) is 3.93. The van der Waals surface area contributed by atoms with Crippen LogP contribution >= 0.6 is 0 Å². The van der Waals surface area contributed by atoms with Crippen LogP contribution in [0.5, 0.6) is 0 Å². The molecule has 2 atom stereocenters. The van der Waals surface area contributed by atoms with Gasteiger partial charge in [0.1, 0.15) is 12.2 Å². The number of hydrogen-bond donors (Lipinski definition) is 1. The van der Waals surface area contributed by atoms with Gasteiger partial charge in [-0.2, -0.15) is 0 Å². The molecule has 1 saturated heterocycles. The van der Waals surface area contributed by atoms with Crippen molar-refractivity contribution < 1.29 is 14.7 Å². The van der Waals surface area contributed by atoms with Gasteiger partial charge in [-0.3, -0.25) is 9.59 Å². The third kappa shape index (κ3) is 3.16. The lowest BCUT2D eigenvalue weighted by Crippen LogP contribution is -2.43. The molecule has 5 heteroatoms. The number of aliphatic carboxylic acids is 1. The van der Waals surface area contributed by atoms with Gasteiger partial charge in [0.2, 0.25) is 0 Å². The minimum atomic E-state index is -0.939. The summed E-state index contributed by atoms with van der Waals surface area (Å²) in [5.41, 5.74) is 0.462. The highest BCUT2D eigenvalue weighted by Crippen LogP contribution is 2.22. The van der Waals surface area contributed by atoms with Gasteiger partial charge in [0.15, 0.2) is 0 Å². The molecule has 2 heterocycles. The summed E-state index contributed by atoms with van der Waals surface area (Å²) < 4.78 is 1.49. The van der Waals surface area contributed by atoms with Gasteiger partial charge in [-0.1, -0.05) is 13.8 Å². The van der Waals surface area contributed by atoms with Crippen LogP contribution in [0, 0.1) is 11.8 Å². The fourth-order valence-electron chi connectivity index (χ4n) is 2.88. The first-order chi connectivity index (χ1) is 8.97. The predicted molar refractivity (Wildman–Crippen MR) is 70.9 cm³/mol. The van der Waals surface area contributed by atoms with E-state index < -0.39 is 5.97 Å². The lowest BCUT2D eigenvalue weighted by molar-refractivity contribution is -0.137. The van der Waals surface area contributed by atoms with E-state index in [9.17, 15) is 9.59 Å². The van der Waals surface area contributed by atoms with E-state index in [1.807, 2.05) is 4.90 Å². The molecule has 2 rings (SSSR count). The Morgan fingerprint density at radius 2 is 1.95 bits per heavy atom. The third-order valence-electron chi connectivity index (χ3n) is 3.51. The topological polar surface area (TPSA) is 62.5 Å². The second-order valence-electron chi connectivity index (χ2n) is 5.57. The van der Waals surface area contributed by atoms with Crippen molar-refractivity contribution >= 4 is 11.9 Å². The molecule has 19 heavy (non-hydrogen) atoms. The molecule has 104 valence electrons. The van der Waals surface area contributed by atoms with Crippen LogP contribution in [0.25, 0.3) is 0 Å². The summed E-state index contributed by atoms with van der Waals surface area (Å²) in [6.45, 7) is 5.62. The third-order valence-corrected chi connectivity index (χ3v) is 3.51. The molecular weight excluding hydrogens is 244 g/mol. The molecule has 2 unspecified atom stereocenters. The lowest BCUT2D eigenvalue weighted by Gasteiger charge is -2.35. The van der Waals surface area contributed by atoms with Crippen molar-refractivity contribution in [3.8, 4) is 0 Å². The number of hydrogen-bond acceptors (Lipinski definition) is 2. The van der Waals surface area contributed by atoms with E-state index in [0.717, 1.165) is 19.5 Å². The average molecular weight is 264 g/mol. The molecule has 0 aliphatic carbocycles. The van der Waals surface area contributed by atoms with Crippen LogP contribution < -0.4 is 0 Å². The molecule has 0 spiro atoms. The first kappa shape index (κ1) is 13.6. The number of carboxylic acids is 1. The predicted octanol–water partition coefficient (Wildman–Crippen LogP) is 1.69. The largest absolute Gasteiger partial charge is 0.480 e. The number of rotatable bonds is 3. The summed E-state index contributed by atoms with van der Waals surface area (Å²) in [6.07, 6.45) is 2.78. The second-order valence-corrected chi connectivity index (χ2v) is 5.57. The van der Waals surface area contributed by atoms with Crippen LogP contribution in [0.15, 0.2) is 18.3 Å². The molecule has 1 aromatic heterocycles. The van der Waals surface area contributed by atoms with Gasteiger partial charge >= 0.3 is 5.97 Å². The van der Waals surface area contributed by atoms with Crippen molar-refractivity contribution in [2.45, 2.75) is 26.8 Å². The first-order valence-electron chi connectivity index (χ1n) is 6.63.